The van der Waals surface area contributed by atoms with Crippen molar-refractivity contribution < 1.29 is 12.8 Å². The Morgan fingerprint density at radius 1 is 1.14 bits per heavy atom. The van der Waals surface area contributed by atoms with Crippen molar-refractivity contribution in [3.8, 4) is 0 Å². The molecule has 1 aromatic heterocycles. The number of sulfonamides is 1. The van der Waals surface area contributed by atoms with E-state index in [0.29, 0.717) is 11.2 Å². The van der Waals surface area contributed by atoms with Crippen molar-refractivity contribution in [1.29, 1.82) is 0 Å². The van der Waals surface area contributed by atoms with E-state index in [1.165, 1.54) is 18.2 Å². The minimum Gasteiger partial charge on any atom is -0.408 e. The molecule has 2 N–H and O–H groups in total. The molecule has 0 aliphatic carbocycles. The van der Waals surface area contributed by atoms with Gasteiger partial charge in [0.25, 0.3) is 10.0 Å². The van der Waals surface area contributed by atoms with Crippen LogP contribution in [0.3, 0.4) is 0 Å². The fraction of sp³-hybridized carbons (Fsp3) is 0.0714. The van der Waals surface area contributed by atoms with Crippen LogP contribution in [0, 0.1) is 6.92 Å². The number of hydrogen-bond acceptors (Lipinski definition) is 4. The maximum Gasteiger partial charge on any atom is 0.417 e. The SMILES string of the molecule is Cc1ccccc1NS(=O)(=O)c1ccc2[nH]c(=O)oc2c1. The molecule has 0 radical (unpaired) electrons. The van der Waals surface area contributed by atoms with Gasteiger partial charge in [-0.15, -0.1) is 0 Å². The standard InChI is InChI=1S/C14H12N2O4S/c1-9-4-2-3-5-11(9)16-21(18,19)10-6-7-12-13(8-10)20-14(17)15-12/h2-8,16H,1H3,(H,15,17). The van der Waals surface area contributed by atoms with E-state index in [0.717, 1.165) is 5.56 Å². The molecule has 3 aromatic rings. The number of benzene rings is 2. The number of aromatic amines is 1. The van der Waals surface area contributed by atoms with Gasteiger partial charge >= 0.3 is 5.76 Å². The summed E-state index contributed by atoms with van der Waals surface area (Å²) in [5, 5.41) is 0. The summed E-state index contributed by atoms with van der Waals surface area (Å²) >= 11 is 0. The maximum atomic E-state index is 12.4. The molecule has 0 atom stereocenters. The van der Waals surface area contributed by atoms with Gasteiger partial charge in [0.05, 0.1) is 16.1 Å². The van der Waals surface area contributed by atoms with Gasteiger partial charge in [-0.05, 0) is 30.7 Å². The first-order valence-electron chi connectivity index (χ1n) is 6.17. The zero-order valence-corrected chi connectivity index (χ0v) is 11.9. The molecule has 108 valence electrons. The molecule has 0 bridgehead atoms. The van der Waals surface area contributed by atoms with E-state index in [9.17, 15) is 13.2 Å². The predicted octanol–water partition coefficient (Wildman–Crippen LogP) is 2.23. The molecule has 0 aliphatic heterocycles. The number of fused-ring (bicyclic) bond motifs is 1. The molecule has 0 unspecified atom stereocenters. The normalized spacial score (nSPS) is 11.7. The maximum absolute atomic E-state index is 12.4. The van der Waals surface area contributed by atoms with Gasteiger partial charge in [0.2, 0.25) is 0 Å². The van der Waals surface area contributed by atoms with Crippen molar-refractivity contribution in [1.82, 2.24) is 4.98 Å². The van der Waals surface area contributed by atoms with Crippen LogP contribution >= 0.6 is 0 Å². The Morgan fingerprint density at radius 2 is 1.90 bits per heavy atom. The molecule has 1 heterocycles. The van der Waals surface area contributed by atoms with E-state index >= 15 is 0 Å². The number of oxazole rings is 1. The summed E-state index contributed by atoms with van der Waals surface area (Å²) in [6, 6.07) is 11.3. The third-order valence-corrected chi connectivity index (χ3v) is 4.46. The Hall–Kier alpha value is -2.54. The van der Waals surface area contributed by atoms with E-state index in [-0.39, 0.29) is 10.5 Å². The molecule has 2 aromatic carbocycles. The lowest BCUT2D eigenvalue weighted by Crippen LogP contribution is -2.13. The zero-order chi connectivity index (χ0) is 15.0. The molecule has 21 heavy (non-hydrogen) atoms. The van der Waals surface area contributed by atoms with Gasteiger partial charge in [-0.2, -0.15) is 0 Å². The van der Waals surface area contributed by atoms with Crippen molar-refractivity contribution >= 4 is 26.8 Å². The highest BCUT2D eigenvalue weighted by atomic mass is 32.2. The van der Waals surface area contributed by atoms with Gasteiger partial charge in [-0.1, -0.05) is 18.2 Å². The molecule has 0 amide bonds. The van der Waals surface area contributed by atoms with Crippen molar-refractivity contribution in [3.63, 3.8) is 0 Å². The average molecular weight is 304 g/mol. The first-order chi connectivity index (χ1) is 9.95. The topological polar surface area (TPSA) is 92.2 Å². The zero-order valence-electron chi connectivity index (χ0n) is 11.1. The number of H-pyrrole nitrogens is 1. The fourth-order valence-electron chi connectivity index (χ4n) is 1.98. The third-order valence-electron chi connectivity index (χ3n) is 3.09. The van der Waals surface area contributed by atoms with Crippen LogP contribution in [0.4, 0.5) is 5.69 Å². The van der Waals surface area contributed by atoms with E-state index in [1.54, 1.807) is 12.1 Å². The molecule has 7 heteroatoms. The Kier molecular flexibility index (Phi) is 3.06. The van der Waals surface area contributed by atoms with Gasteiger partial charge in [0.1, 0.15) is 0 Å². The van der Waals surface area contributed by atoms with Crippen LogP contribution in [0.5, 0.6) is 0 Å². The van der Waals surface area contributed by atoms with Crippen molar-refractivity contribution in [3.05, 3.63) is 58.6 Å². The van der Waals surface area contributed by atoms with Crippen LogP contribution in [-0.4, -0.2) is 13.4 Å². The molecular weight excluding hydrogens is 292 g/mol. The minimum atomic E-state index is -3.74. The van der Waals surface area contributed by atoms with Gasteiger partial charge in [0.15, 0.2) is 5.58 Å². The van der Waals surface area contributed by atoms with Crippen LogP contribution in [0.1, 0.15) is 5.56 Å². The van der Waals surface area contributed by atoms with Crippen LogP contribution < -0.4 is 10.5 Å². The fourth-order valence-corrected chi connectivity index (χ4v) is 3.13. The quantitative estimate of drug-likeness (QED) is 0.776. The summed E-state index contributed by atoms with van der Waals surface area (Å²) in [5.74, 6) is -0.619. The molecule has 0 saturated carbocycles. The average Bonchev–Trinajstić information content (AvgIpc) is 2.80. The molecule has 0 spiro atoms. The van der Waals surface area contributed by atoms with Crippen LogP contribution in [0.2, 0.25) is 0 Å². The summed E-state index contributed by atoms with van der Waals surface area (Å²) in [5.41, 5.74) is 1.98. The van der Waals surface area contributed by atoms with Crippen LogP contribution in [-0.2, 0) is 10.0 Å². The smallest absolute Gasteiger partial charge is 0.408 e. The highest BCUT2D eigenvalue weighted by molar-refractivity contribution is 7.92. The molecule has 0 saturated heterocycles. The number of para-hydroxylation sites is 1. The third kappa shape index (κ3) is 2.55. The summed E-state index contributed by atoms with van der Waals surface area (Å²) < 4.78 is 32.1. The molecule has 3 rings (SSSR count). The lowest BCUT2D eigenvalue weighted by molar-refractivity contribution is 0.554. The van der Waals surface area contributed by atoms with Gasteiger partial charge in [0, 0.05) is 6.07 Å². The van der Waals surface area contributed by atoms with E-state index in [1.807, 2.05) is 19.1 Å². The molecule has 6 nitrogen and oxygen atoms in total. The Labute approximate surface area is 120 Å². The number of anilines is 1. The van der Waals surface area contributed by atoms with Gasteiger partial charge in [-0.3, -0.25) is 9.71 Å². The second kappa shape index (κ2) is 4.78. The Morgan fingerprint density at radius 3 is 2.67 bits per heavy atom. The van der Waals surface area contributed by atoms with Crippen molar-refractivity contribution in [2.45, 2.75) is 11.8 Å². The summed E-state index contributed by atoms with van der Waals surface area (Å²) in [6.45, 7) is 1.81. The number of rotatable bonds is 3. The Balaban J connectivity index is 2.03. The Bertz CT molecular complexity index is 970. The van der Waals surface area contributed by atoms with Crippen molar-refractivity contribution in [2.24, 2.45) is 0 Å². The summed E-state index contributed by atoms with van der Waals surface area (Å²) in [6.07, 6.45) is 0. The number of aryl methyl sites for hydroxylation is 1. The van der Waals surface area contributed by atoms with Crippen LogP contribution in [0.25, 0.3) is 11.1 Å². The van der Waals surface area contributed by atoms with E-state index in [2.05, 4.69) is 9.71 Å². The number of hydrogen-bond donors (Lipinski definition) is 2. The molecular formula is C14H12N2O4S. The van der Waals surface area contributed by atoms with Crippen molar-refractivity contribution in [2.75, 3.05) is 4.72 Å². The summed E-state index contributed by atoms with van der Waals surface area (Å²) in [7, 11) is -3.74. The second-order valence-electron chi connectivity index (χ2n) is 4.59. The monoisotopic (exact) mass is 304 g/mol. The number of nitrogens with one attached hydrogen (secondary N) is 2. The van der Waals surface area contributed by atoms with E-state index in [4.69, 9.17) is 4.42 Å². The first kappa shape index (κ1) is 13.4. The molecule has 0 fully saturated rings. The highest BCUT2D eigenvalue weighted by Crippen LogP contribution is 2.21. The number of aromatic nitrogens is 1. The second-order valence-corrected chi connectivity index (χ2v) is 6.28. The lowest BCUT2D eigenvalue weighted by atomic mass is 10.2. The largest absolute Gasteiger partial charge is 0.417 e. The highest BCUT2D eigenvalue weighted by Gasteiger charge is 2.16. The van der Waals surface area contributed by atoms with Gasteiger partial charge in [-0.25, -0.2) is 13.2 Å². The first-order valence-corrected chi connectivity index (χ1v) is 7.65. The minimum absolute atomic E-state index is 0.0287. The lowest BCUT2D eigenvalue weighted by Gasteiger charge is -2.10. The molecule has 0 aliphatic rings. The van der Waals surface area contributed by atoms with E-state index < -0.39 is 15.8 Å². The van der Waals surface area contributed by atoms with Gasteiger partial charge < -0.3 is 4.42 Å². The summed E-state index contributed by atoms with van der Waals surface area (Å²) in [4.78, 5) is 13.6. The van der Waals surface area contributed by atoms with Crippen LogP contribution in [0.15, 0.2) is 56.6 Å². The predicted molar refractivity (Wildman–Crippen MR) is 78.8 cm³/mol.